The van der Waals surface area contributed by atoms with E-state index in [1.54, 1.807) is 12.1 Å². The van der Waals surface area contributed by atoms with E-state index in [1.165, 1.54) is 0 Å². The van der Waals surface area contributed by atoms with Gasteiger partial charge in [-0.05, 0) is 44.1 Å². The van der Waals surface area contributed by atoms with Gasteiger partial charge in [-0.25, -0.2) is 0 Å². The molecule has 2 aliphatic rings. The molecule has 1 aromatic carbocycles. The van der Waals surface area contributed by atoms with Gasteiger partial charge in [0.15, 0.2) is 0 Å². The minimum atomic E-state index is -3.59. The Bertz CT molecular complexity index is 662. The van der Waals surface area contributed by atoms with Crippen LogP contribution in [0.15, 0.2) is 27.5 Å². The van der Waals surface area contributed by atoms with Crippen molar-refractivity contribution in [2.24, 2.45) is 4.40 Å². The van der Waals surface area contributed by atoms with Crippen molar-refractivity contribution in [3.63, 3.8) is 0 Å². The summed E-state index contributed by atoms with van der Waals surface area (Å²) in [5, 5.41) is 6.49. The maximum Gasteiger partial charge on any atom is 0.286 e. The van der Waals surface area contributed by atoms with Crippen LogP contribution < -0.4 is 10.6 Å². The van der Waals surface area contributed by atoms with Gasteiger partial charge in [-0.3, -0.25) is 4.90 Å². The number of nitrogens with one attached hydrogen (secondary N) is 2. The molecule has 0 aliphatic carbocycles. The van der Waals surface area contributed by atoms with Crippen LogP contribution in [0.3, 0.4) is 0 Å². The van der Waals surface area contributed by atoms with Gasteiger partial charge in [0.25, 0.3) is 10.0 Å². The number of rotatable bonds is 2. The van der Waals surface area contributed by atoms with Gasteiger partial charge in [-0.1, -0.05) is 6.07 Å². The average Bonchev–Trinajstić information content (AvgIpc) is 2.68. The number of fused-ring (bicyclic) bond motifs is 1. The van der Waals surface area contributed by atoms with Crippen molar-refractivity contribution in [2.45, 2.75) is 18.2 Å². The van der Waals surface area contributed by atoms with Crippen molar-refractivity contribution < 1.29 is 8.42 Å². The fourth-order valence-corrected chi connectivity index (χ4v) is 3.88. The Kier molecular flexibility index (Phi) is 3.97. The molecule has 1 saturated heterocycles. The molecule has 21 heavy (non-hydrogen) atoms. The normalized spacial score (nSPS) is 21.9. The van der Waals surface area contributed by atoms with Crippen molar-refractivity contribution in [2.75, 3.05) is 38.0 Å². The molecule has 0 atom stereocenters. The van der Waals surface area contributed by atoms with E-state index in [2.05, 4.69) is 19.9 Å². The van der Waals surface area contributed by atoms with E-state index in [9.17, 15) is 8.42 Å². The lowest BCUT2D eigenvalue weighted by molar-refractivity contribution is 0.333. The van der Waals surface area contributed by atoms with Crippen molar-refractivity contribution in [1.82, 2.24) is 10.2 Å². The van der Waals surface area contributed by atoms with Gasteiger partial charge in [0, 0.05) is 13.1 Å². The largest absolute Gasteiger partial charge is 0.341 e. The fourth-order valence-electron chi connectivity index (χ4n) is 2.66. The molecule has 0 bridgehead atoms. The van der Waals surface area contributed by atoms with Crippen LogP contribution >= 0.6 is 0 Å². The van der Waals surface area contributed by atoms with E-state index in [4.69, 9.17) is 0 Å². The third kappa shape index (κ3) is 3.25. The number of hydrogen-bond acceptors (Lipinski definition) is 5. The van der Waals surface area contributed by atoms with Gasteiger partial charge < -0.3 is 10.6 Å². The maximum atomic E-state index is 12.3. The summed E-state index contributed by atoms with van der Waals surface area (Å²) >= 11 is 0. The third-order valence-electron chi connectivity index (χ3n) is 3.73. The number of sulfonamides is 1. The summed E-state index contributed by atoms with van der Waals surface area (Å²) < 4.78 is 28.5. The Morgan fingerprint density at radius 2 is 2.14 bits per heavy atom. The molecular weight excluding hydrogens is 288 g/mol. The number of aryl methyl sites for hydroxylation is 1. The molecule has 0 saturated carbocycles. The number of nitrogens with zero attached hydrogens (tertiary/aromatic N) is 2. The molecule has 0 radical (unpaired) electrons. The van der Waals surface area contributed by atoms with E-state index in [-0.39, 0.29) is 4.90 Å². The Balaban J connectivity index is 1.82. The van der Waals surface area contributed by atoms with Crippen molar-refractivity contribution >= 4 is 21.5 Å². The predicted molar refractivity (Wildman–Crippen MR) is 83.3 cm³/mol. The van der Waals surface area contributed by atoms with Crippen LogP contribution in [0.1, 0.15) is 12.0 Å². The lowest BCUT2D eigenvalue weighted by atomic mass is 10.2. The van der Waals surface area contributed by atoms with Gasteiger partial charge in [0.2, 0.25) is 0 Å². The molecular formula is C14H20N4O2S. The Morgan fingerprint density at radius 3 is 3.00 bits per heavy atom. The van der Waals surface area contributed by atoms with Gasteiger partial charge in [-0.15, -0.1) is 4.40 Å². The summed E-state index contributed by atoms with van der Waals surface area (Å²) in [4.78, 5) is 2.49. The van der Waals surface area contributed by atoms with Crippen LogP contribution in [0, 0.1) is 6.92 Å². The molecule has 6 nitrogen and oxygen atoms in total. The number of amidine groups is 1. The standard InChI is InChI=1S/C14H20N4O2S/c1-11-3-4-12-13(9-11)21(19,20)17-14(16-12)10-18-7-2-5-15-6-8-18/h3-4,9,15H,2,5-8,10H2,1H3,(H,16,17). The van der Waals surface area contributed by atoms with E-state index in [0.717, 1.165) is 38.2 Å². The van der Waals surface area contributed by atoms with Crippen LogP contribution in [0.5, 0.6) is 0 Å². The highest BCUT2D eigenvalue weighted by Crippen LogP contribution is 2.28. The molecule has 3 rings (SSSR count). The molecule has 2 N–H and O–H groups in total. The molecule has 7 heteroatoms. The van der Waals surface area contributed by atoms with E-state index >= 15 is 0 Å². The molecule has 0 spiro atoms. The van der Waals surface area contributed by atoms with Crippen molar-refractivity contribution in [3.8, 4) is 0 Å². The first kappa shape index (κ1) is 14.5. The zero-order valence-electron chi connectivity index (χ0n) is 12.1. The van der Waals surface area contributed by atoms with Crippen LogP contribution in [-0.4, -0.2) is 51.9 Å². The summed E-state index contributed by atoms with van der Waals surface area (Å²) in [6.07, 6.45) is 1.07. The van der Waals surface area contributed by atoms with E-state index < -0.39 is 10.0 Å². The van der Waals surface area contributed by atoms with Crippen LogP contribution in [0.25, 0.3) is 0 Å². The van der Waals surface area contributed by atoms with Gasteiger partial charge in [0.05, 0.1) is 12.2 Å². The van der Waals surface area contributed by atoms with Crippen LogP contribution in [-0.2, 0) is 10.0 Å². The number of hydrogen-bond donors (Lipinski definition) is 2. The lowest BCUT2D eigenvalue weighted by Gasteiger charge is -2.24. The summed E-state index contributed by atoms with van der Waals surface area (Å²) in [6, 6.07) is 5.37. The fraction of sp³-hybridized carbons (Fsp3) is 0.500. The second-order valence-electron chi connectivity index (χ2n) is 5.52. The van der Waals surface area contributed by atoms with Gasteiger partial charge in [-0.2, -0.15) is 8.42 Å². The summed E-state index contributed by atoms with van der Waals surface area (Å²) in [6.45, 7) is 6.20. The topological polar surface area (TPSA) is 73.8 Å². The third-order valence-corrected chi connectivity index (χ3v) is 5.08. The molecule has 1 fully saturated rings. The monoisotopic (exact) mass is 308 g/mol. The molecule has 2 aliphatic heterocycles. The minimum Gasteiger partial charge on any atom is -0.341 e. The smallest absolute Gasteiger partial charge is 0.286 e. The quantitative estimate of drug-likeness (QED) is 0.845. The maximum absolute atomic E-state index is 12.3. The first-order valence-electron chi connectivity index (χ1n) is 7.19. The van der Waals surface area contributed by atoms with Gasteiger partial charge >= 0.3 is 0 Å². The SMILES string of the molecule is Cc1ccc2c(c1)S(=O)(=O)N=C(CN1CCCNCC1)N2. The number of benzene rings is 1. The minimum absolute atomic E-state index is 0.267. The molecule has 1 aromatic rings. The first-order valence-corrected chi connectivity index (χ1v) is 8.63. The zero-order valence-corrected chi connectivity index (χ0v) is 12.9. The molecule has 114 valence electrons. The Morgan fingerprint density at radius 1 is 1.29 bits per heavy atom. The molecule has 0 amide bonds. The molecule has 0 aromatic heterocycles. The van der Waals surface area contributed by atoms with E-state index in [1.807, 2.05) is 13.0 Å². The van der Waals surface area contributed by atoms with Crippen LogP contribution in [0.4, 0.5) is 5.69 Å². The summed E-state index contributed by atoms with van der Waals surface area (Å²) in [5.41, 5.74) is 1.54. The highest BCUT2D eigenvalue weighted by molar-refractivity contribution is 7.90. The molecule has 0 unspecified atom stereocenters. The average molecular weight is 308 g/mol. The first-order chi connectivity index (χ1) is 10.0. The molecule has 2 heterocycles. The Hall–Kier alpha value is -1.44. The van der Waals surface area contributed by atoms with Crippen molar-refractivity contribution in [1.29, 1.82) is 0 Å². The second-order valence-corrected chi connectivity index (χ2v) is 7.09. The highest BCUT2D eigenvalue weighted by Gasteiger charge is 2.25. The van der Waals surface area contributed by atoms with Gasteiger partial charge in [0.1, 0.15) is 10.7 Å². The zero-order chi connectivity index (χ0) is 14.9. The highest BCUT2D eigenvalue weighted by atomic mass is 32.2. The van der Waals surface area contributed by atoms with Crippen molar-refractivity contribution in [3.05, 3.63) is 23.8 Å². The summed E-state index contributed by atoms with van der Waals surface area (Å²) in [5.74, 6) is 0.508. The van der Waals surface area contributed by atoms with E-state index in [0.29, 0.717) is 18.1 Å². The second kappa shape index (κ2) is 5.75. The Labute approximate surface area is 125 Å². The predicted octanol–water partition coefficient (Wildman–Crippen LogP) is 0.803. The van der Waals surface area contributed by atoms with Crippen LogP contribution in [0.2, 0.25) is 0 Å². The number of anilines is 1. The summed E-state index contributed by atoms with van der Waals surface area (Å²) in [7, 11) is -3.59. The lowest BCUT2D eigenvalue weighted by Crippen LogP contribution is -2.37.